The second kappa shape index (κ2) is 6.26. The molecule has 5 nitrogen and oxygen atoms in total. The topological polar surface area (TPSA) is 78.4 Å². The summed E-state index contributed by atoms with van der Waals surface area (Å²) in [6, 6.07) is 3.74. The van der Waals surface area contributed by atoms with Gasteiger partial charge in [-0.2, -0.15) is 0 Å². The Hall–Kier alpha value is -1.75. The molecule has 0 fully saturated rings. The van der Waals surface area contributed by atoms with Crippen molar-refractivity contribution >= 4 is 40.3 Å². The van der Waals surface area contributed by atoms with Gasteiger partial charge in [-0.25, -0.2) is 9.59 Å². The van der Waals surface area contributed by atoms with Crippen LogP contribution in [0.3, 0.4) is 0 Å². The van der Waals surface area contributed by atoms with Crippen LogP contribution in [-0.2, 0) is 0 Å². The monoisotopic (exact) mass is 358 g/mol. The molecule has 1 aromatic rings. The molecule has 94 valence electrons. The van der Waals surface area contributed by atoms with E-state index in [0.29, 0.717) is 0 Å². The van der Waals surface area contributed by atoms with Gasteiger partial charge in [0.15, 0.2) is 0 Å². The normalized spacial score (nSPS) is 11.2. The van der Waals surface area contributed by atoms with Gasteiger partial charge in [-0.05, 0) is 47.7 Å². The molecule has 0 saturated heterocycles. The molecule has 3 N–H and O–H groups in total. The molecular weight excluding hydrogens is 347 g/mol. The summed E-state index contributed by atoms with van der Waals surface area (Å²) in [5.74, 6) is 1.24. The summed E-state index contributed by atoms with van der Waals surface area (Å²) in [6.07, 6.45) is 5.12. The van der Waals surface area contributed by atoms with Gasteiger partial charge >= 0.3 is 12.0 Å². The summed E-state index contributed by atoms with van der Waals surface area (Å²) in [5.41, 5.74) is 0.259. The van der Waals surface area contributed by atoms with Crippen molar-refractivity contribution in [2.24, 2.45) is 0 Å². The van der Waals surface area contributed by atoms with Crippen LogP contribution in [0.25, 0.3) is 0 Å². The van der Waals surface area contributed by atoms with Crippen molar-refractivity contribution in [3.8, 4) is 12.3 Å². The lowest BCUT2D eigenvalue weighted by atomic mass is 10.2. The largest absolute Gasteiger partial charge is 0.478 e. The molecule has 6 heteroatoms. The number of hydrogen-bond donors (Lipinski definition) is 3. The molecule has 0 aliphatic carbocycles. The van der Waals surface area contributed by atoms with Crippen LogP contribution in [0, 0.1) is 15.9 Å². The zero-order valence-electron chi connectivity index (χ0n) is 9.53. The summed E-state index contributed by atoms with van der Waals surface area (Å²) in [7, 11) is 0. The minimum atomic E-state index is -1.10. The molecule has 0 heterocycles. The van der Waals surface area contributed by atoms with Crippen molar-refractivity contribution in [3.05, 3.63) is 27.3 Å². The SMILES string of the molecule is C#CC(C)NC(=O)Nc1ccc(I)cc1C(=O)O. The highest BCUT2D eigenvalue weighted by Crippen LogP contribution is 2.18. The summed E-state index contributed by atoms with van der Waals surface area (Å²) in [6.45, 7) is 1.64. The third-order valence-electron chi connectivity index (χ3n) is 2.06. The predicted octanol–water partition coefficient (Wildman–Crippen LogP) is 2.13. The van der Waals surface area contributed by atoms with Gasteiger partial charge in [-0.15, -0.1) is 6.42 Å². The number of carboxylic acids is 1. The first-order chi connectivity index (χ1) is 8.43. The molecule has 0 bridgehead atoms. The number of anilines is 1. The van der Waals surface area contributed by atoms with Crippen LogP contribution >= 0.6 is 22.6 Å². The second-order valence-electron chi connectivity index (χ2n) is 3.48. The molecule has 18 heavy (non-hydrogen) atoms. The fourth-order valence-electron chi connectivity index (χ4n) is 1.20. The molecule has 0 spiro atoms. The number of carbonyl (C=O) groups is 2. The maximum absolute atomic E-state index is 11.5. The van der Waals surface area contributed by atoms with Crippen LogP contribution < -0.4 is 10.6 Å². The van der Waals surface area contributed by atoms with Crippen LogP contribution in [0.4, 0.5) is 10.5 Å². The Morgan fingerprint density at radius 2 is 2.17 bits per heavy atom. The Morgan fingerprint density at radius 1 is 1.50 bits per heavy atom. The number of amides is 2. The van der Waals surface area contributed by atoms with Gasteiger partial charge in [0, 0.05) is 3.57 Å². The van der Waals surface area contributed by atoms with E-state index in [1.54, 1.807) is 13.0 Å². The number of carbonyl (C=O) groups excluding carboxylic acids is 1. The lowest BCUT2D eigenvalue weighted by molar-refractivity contribution is 0.0698. The first-order valence-corrected chi connectivity index (χ1v) is 6.08. The average Bonchev–Trinajstić information content (AvgIpc) is 2.30. The first-order valence-electron chi connectivity index (χ1n) is 5.00. The van der Waals surface area contributed by atoms with Crippen LogP contribution in [0.1, 0.15) is 17.3 Å². The lowest BCUT2D eigenvalue weighted by Gasteiger charge is -2.11. The summed E-state index contributed by atoms with van der Waals surface area (Å²) >= 11 is 2.00. The Labute approximate surface area is 118 Å². The molecular formula is C12H11IN2O3. The maximum Gasteiger partial charge on any atom is 0.337 e. The standard InChI is InChI=1S/C12H11IN2O3/c1-3-7(2)14-12(18)15-10-5-4-8(13)6-9(10)11(16)17/h1,4-7H,2H3,(H,16,17)(H2,14,15,18). The van der Waals surface area contributed by atoms with Crippen LogP contribution in [0.5, 0.6) is 0 Å². The van der Waals surface area contributed by atoms with Crippen LogP contribution in [-0.4, -0.2) is 23.1 Å². The molecule has 0 aromatic heterocycles. The zero-order chi connectivity index (χ0) is 13.7. The number of benzene rings is 1. The summed E-state index contributed by atoms with van der Waals surface area (Å²) in [5, 5.41) is 14.0. The van der Waals surface area contributed by atoms with Gasteiger partial charge in [0.25, 0.3) is 0 Å². The van der Waals surface area contributed by atoms with E-state index in [0.717, 1.165) is 3.57 Å². The van der Waals surface area contributed by atoms with E-state index in [2.05, 4.69) is 16.6 Å². The third-order valence-corrected chi connectivity index (χ3v) is 2.73. The number of aromatic carboxylic acids is 1. The summed E-state index contributed by atoms with van der Waals surface area (Å²) < 4.78 is 0.771. The number of rotatable bonds is 3. The lowest BCUT2D eigenvalue weighted by Crippen LogP contribution is -2.35. The Bertz CT molecular complexity index is 523. The minimum absolute atomic E-state index is 0.0328. The number of terminal acetylenes is 1. The van der Waals surface area contributed by atoms with Crippen molar-refractivity contribution in [1.29, 1.82) is 0 Å². The number of carboxylic acid groups (broad SMARTS) is 1. The third kappa shape index (κ3) is 3.92. The predicted molar refractivity (Wildman–Crippen MR) is 76.6 cm³/mol. The van der Waals surface area contributed by atoms with Crippen molar-refractivity contribution < 1.29 is 14.7 Å². The molecule has 1 unspecified atom stereocenters. The van der Waals surface area contributed by atoms with Gasteiger partial charge in [-0.1, -0.05) is 5.92 Å². The number of halogens is 1. The van der Waals surface area contributed by atoms with Gasteiger partial charge in [-0.3, -0.25) is 0 Å². The van der Waals surface area contributed by atoms with Gasteiger partial charge in [0.05, 0.1) is 17.3 Å². The maximum atomic E-state index is 11.5. The average molecular weight is 358 g/mol. The smallest absolute Gasteiger partial charge is 0.337 e. The molecule has 1 aromatic carbocycles. The fourth-order valence-corrected chi connectivity index (χ4v) is 1.69. The molecule has 0 aliphatic rings. The molecule has 0 saturated carbocycles. The molecule has 1 rings (SSSR count). The fraction of sp³-hybridized carbons (Fsp3) is 0.167. The molecule has 1 atom stereocenters. The van der Waals surface area contributed by atoms with Gasteiger partial charge in [0.1, 0.15) is 0 Å². The second-order valence-corrected chi connectivity index (χ2v) is 4.73. The van der Waals surface area contributed by atoms with E-state index in [-0.39, 0.29) is 11.3 Å². The van der Waals surface area contributed by atoms with Crippen molar-refractivity contribution in [1.82, 2.24) is 5.32 Å². The van der Waals surface area contributed by atoms with Crippen molar-refractivity contribution in [3.63, 3.8) is 0 Å². The highest BCUT2D eigenvalue weighted by atomic mass is 127. The first kappa shape index (κ1) is 14.3. The van der Waals surface area contributed by atoms with E-state index < -0.39 is 18.0 Å². The number of urea groups is 1. The number of nitrogens with one attached hydrogen (secondary N) is 2. The molecule has 2 amide bonds. The quantitative estimate of drug-likeness (QED) is 0.572. The van der Waals surface area contributed by atoms with E-state index in [1.807, 2.05) is 22.6 Å². The van der Waals surface area contributed by atoms with Crippen LogP contribution in [0.15, 0.2) is 18.2 Å². The molecule has 0 radical (unpaired) electrons. The summed E-state index contributed by atoms with van der Waals surface area (Å²) in [4.78, 5) is 22.6. The van der Waals surface area contributed by atoms with E-state index in [9.17, 15) is 9.59 Å². The van der Waals surface area contributed by atoms with Gasteiger partial charge in [0.2, 0.25) is 0 Å². The van der Waals surface area contributed by atoms with E-state index >= 15 is 0 Å². The van der Waals surface area contributed by atoms with Crippen LogP contribution in [0.2, 0.25) is 0 Å². The minimum Gasteiger partial charge on any atom is -0.478 e. The Morgan fingerprint density at radius 3 is 2.72 bits per heavy atom. The highest BCUT2D eigenvalue weighted by Gasteiger charge is 2.13. The van der Waals surface area contributed by atoms with E-state index in [1.165, 1.54) is 12.1 Å². The van der Waals surface area contributed by atoms with E-state index in [4.69, 9.17) is 11.5 Å². The zero-order valence-corrected chi connectivity index (χ0v) is 11.7. The number of hydrogen-bond acceptors (Lipinski definition) is 2. The Balaban J connectivity index is 2.88. The van der Waals surface area contributed by atoms with Crippen molar-refractivity contribution in [2.45, 2.75) is 13.0 Å². The molecule has 0 aliphatic heterocycles. The Kier molecular flexibility index (Phi) is 4.97. The highest BCUT2D eigenvalue weighted by molar-refractivity contribution is 14.1. The van der Waals surface area contributed by atoms with Gasteiger partial charge < -0.3 is 15.7 Å². The van der Waals surface area contributed by atoms with Crippen molar-refractivity contribution in [2.75, 3.05) is 5.32 Å².